The number of hydrogen-bond acceptors (Lipinski definition) is 4. The minimum Gasteiger partial charge on any atom is -0.423 e. The molecule has 0 bridgehead atoms. The Morgan fingerprint density at radius 2 is 1.77 bits per heavy atom. The summed E-state index contributed by atoms with van der Waals surface area (Å²) in [5.41, 5.74) is -0.120. The average Bonchev–Trinajstić information content (AvgIpc) is 2.03. The molecule has 0 saturated heterocycles. The first-order valence-corrected chi connectivity index (χ1v) is 4.95. The molecular weight excluding hydrogens is 193 g/mol. The Morgan fingerprint density at radius 3 is 2.15 bits per heavy atom. The van der Waals surface area contributed by atoms with Gasteiger partial charge in [0, 0.05) is 5.46 Å². The topological polar surface area (TPSA) is 101 Å². The maximum Gasteiger partial charge on any atom is 0.489 e. The van der Waals surface area contributed by atoms with Crippen molar-refractivity contribution in [3.63, 3.8) is 0 Å². The number of hydrogen-bond donors (Lipinski definition) is 3. The summed E-state index contributed by atoms with van der Waals surface area (Å²) in [5.74, 6) is 0. The SMILES string of the molecule is NS(=O)(=O)c1ccccc1B(O)O. The summed E-state index contributed by atoms with van der Waals surface area (Å²) in [7, 11) is -5.74. The zero-order valence-electron chi connectivity index (χ0n) is 6.58. The van der Waals surface area contributed by atoms with Crippen LogP contribution in [0.4, 0.5) is 0 Å². The predicted octanol–water partition coefficient (Wildman–Crippen LogP) is -1.99. The Balaban J connectivity index is 3.37. The lowest BCUT2D eigenvalue weighted by Crippen LogP contribution is -2.35. The van der Waals surface area contributed by atoms with Crippen molar-refractivity contribution in [2.75, 3.05) is 0 Å². The number of rotatable bonds is 2. The van der Waals surface area contributed by atoms with Crippen molar-refractivity contribution in [2.24, 2.45) is 5.14 Å². The fourth-order valence-corrected chi connectivity index (χ4v) is 1.72. The van der Waals surface area contributed by atoms with Gasteiger partial charge >= 0.3 is 7.12 Å². The van der Waals surface area contributed by atoms with E-state index in [1.165, 1.54) is 24.3 Å². The monoisotopic (exact) mass is 201 g/mol. The van der Waals surface area contributed by atoms with Crippen LogP contribution in [0.1, 0.15) is 0 Å². The number of primary sulfonamides is 1. The zero-order valence-corrected chi connectivity index (χ0v) is 7.40. The third-order valence-corrected chi connectivity index (χ3v) is 2.49. The van der Waals surface area contributed by atoms with Crippen LogP contribution in [-0.4, -0.2) is 25.6 Å². The molecule has 5 nitrogen and oxygen atoms in total. The molecule has 1 aromatic rings. The molecule has 0 aliphatic carbocycles. The van der Waals surface area contributed by atoms with Gasteiger partial charge in [-0.2, -0.15) is 0 Å². The minimum absolute atomic E-state index is 0.120. The van der Waals surface area contributed by atoms with Crippen LogP contribution < -0.4 is 10.6 Å². The van der Waals surface area contributed by atoms with E-state index in [1.54, 1.807) is 0 Å². The van der Waals surface area contributed by atoms with Gasteiger partial charge in [0.2, 0.25) is 10.0 Å². The summed E-state index contributed by atoms with van der Waals surface area (Å²) in [5, 5.41) is 22.5. The Hall–Kier alpha value is -0.885. The van der Waals surface area contributed by atoms with Gasteiger partial charge in [-0.05, 0) is 6.07 Å². The van der Waals surface area contributed by atoms with E-state index in [-0.39, 0.29) is 10.4 Å². The van der Waals surface area contributed by atoms with E-state index in [9.17, 15) is 8.42 Å². The summed E-state index contributed by atoms with van der Waals surface area (Å²) in [6.45, 7) is 0. The summed E-state index contributed by atoms with van der Waals surface area (Å²) >= 11 is 0. The lowest BCUT2D eigenvalue weighted by molar-refractivity contribution is 0.424. The van der Waals surface area contributed by atoms with E-state index in [0.717, 1.165) is 0 Å². The highest BCUT2D eigenvalue weighted by atomic mass is 32.2. The molecule has 1 aromatic carbocycles. The maximum absolute atomic E-state index is 10.9. The van der Waals surface area contributed by atoms with E-state index in [1.807, 2.05) is 0 Å². The van der Waals surface area contributed by atoms with Crippen molar-refractivity contribution in [3.05, 3.63) is 24.3 Å². The van der Waals surface area contributed by atoms with Gasteiger partial charge in [0.15, 0.2) is 0 Å². The van der Waals surface area contributed by atoms with Crippen LogP contribution in [0.2, 0.25) is 0 Å². The van der Waals surface area contributed by atoms with E-state index >= 15 is 0 Å². The maximum atomic E-state index is 10.9. The van der Waals surface area contributed by atoms with E-state index in [2.05, 4.69) is 0 Å². The summed E-state index contributed by atoms with van der Waals surface area (Å²) < 4.78 is 21.8. The van der Waals surface area contributed by atoms with Crippen LogP contribution in [0.25, 0.3) is 0 Å². The Kier molecular flexibility index (Phi) is 2.72. The molecule has 0 fully saturated rings. The molecular formula is C6H8BNO4S. The number of benzene rings is 1. The van der Waals surface area contributed by atoms with Crippen molar-refractivity contribution >= 4 is 22.6 Å². The number of nitrogens with two attached hydrogens (primary N) is 1. The van der Waals surface area contributed by atoms with Crippen molar-refractivity contribution in [2.45, 2.75) is 4.90 Å². The van der Waals surface area contributed by atoms with Crippen LogP contribution >= 0.6 is 0 Å². The second-order valence-electron chi connectivity index (χ2n) is 2.46. The largest absolute Gasteiger partial charge is 0.489 e. The minimum atomic E-state index is -3.90. The van der Waals surface area contributed by atoms with Gasteiger partial charge in [0.25, 0.3) is 0 Å². The first-order valence-electron chi connectivity index (χ1n) is 3.41. The van der Waals surface area contributed by atoms with Crippen molar-refractivity contribution < 1.29 is 18.5 Å². The van der Waals surface area contributed by atoms with Crippen molar-refractivity contribution in [1.29, 1.82) is 0 Å². The van der Waals surface area contributed by atoms with Gasteiger partial charge in [0.1, 0.15) is 0 Å². The van der Waals surface area contributed by atoms with Gasteiger partial charge in [0.05, 0.1) is 4.90 Å². The molecule has 70 valence electrons. The van der Waals surface area contributed by atoms with E-state index < -0.39 is 17.1 Å². The lowest BCUT2D eigenvalue weighted by Gasteiger charge is -2.05. The second kappa shape index (κ2) is 3.47. The highest BCUT2D eigenvalue weighted by molar-refractivity contribution is 7.89. The van der Waals surface area contributed by atoms with Crippen LogP contribution in [0.3, 0.4) is 0 Å². The standard InChI is InChI=1S/C6H8BNO4S/c8-13(11,12)6-4-2-1-3-5(6)7(9)10/h1-4,9-10H,(H2,8,11,12). The Labute approximate surface area is 76.0 Å². The second-order valence-corrected chi connectivity index (χ2v) is 3.99. The summed E-state index contributed by atoms with van der Waals surface area (Å²) in [6, 6.07) is 5.43. The molecule has 7 heteroatoms. The fraction of sp³-hybridized carbons (Fsp3) is 0. The predicted molar refractivity (Wildman–Crippen MR) is 47.6 cm³/mol. The van der Waals surface area contributed by atoms with Crippen LogP contribution in [-0.2, 0) is 10.0 Å². The van der Waals surface area contributed by atoms with E-state index in [4.69, 9.17) is 15.2 Å². The average molecular weight is 201 g/mol. The zero-order chi connectivity index (χ0) is 10.1. The van der Waals surface area contributed by atoms with E-state index in [0.29, 0.717) is 0 Å². The van der Waals surface area contributed by atoms with Gasteiger partial charge in [-0.15, -0.1) is 0 Å². The van der Waals surface area contributed by atoms with Crippen molar-refractivity contribution in [1.82, 2.24) is 0 Å². The normalized spacial score (nSPS) is 11.3. The van der Waals surface area contributed by atoms with Gasteiger partial charge in [-0.1, -0.05) is 18.2 Å². The van der Waals surface area contributed by atoms with Gasteiger partial charge in [-0.25, -0.2) is 13.6 Å². The number of sulfonamides is 1. The molecule has 0 spiro atoms. The van der Waals surface area contributed by atoms with Crippen LogP contribution in [0.15, 0.2) is 29.2 Å². The molecule has 1 rings (SSSR count). The molecule has 0 aliphatic heterocycles. The lowest BCUT2D eigenvalue weighted by atomic mass is 9.80. The molecule has 0 aromatic heterocycles. The Bertz CT molecular complexity index is 403. The molecule has 0 heterocycles. The van der Waals surface area contributed by atoms with Gasteiger partial charge in [-0.3, -0.25) is 0 Å². The fourth-order valence-electron chi connectivity index (χ4n) is 0.953. The molecule has 0 saturated carbocycles. The molecule has 0 unspecified atom stereocenters. The molecule has 13 heavy (non-hydrogen) atoms. The molecule has 0 aliphatic rings. The molecule has 0 amide bonds. The third kappa shape index (κ3) is 2.28. The summed E-state index contributed by atoms with van der Waals surface area (Å²) in [4.78, 5) is -0.273. The molecule has 0 atom stereocenters. The first kappa shape index (κ1) is 10.2. The highest BCUT2D eigenvalue weighted by Crippen LogP contribution is 2.02. The first-order chi connectivity index (χ1) is 5.93. The van der Waals surface area contributed by atoms with Crippen LogP contribution in [0.5, 0.6) is 0 Å². The molecule has 0 radical (unpaired) electrons. The van der Waals surface area contributed by atoms with Crippen LogP contribution in [0, 0.1) is 0 Å². The van der Waals surface area contributed by atoms with Crippen molar-refractivity contribution in [3.8, 4) is 0 Å². The van der Waals surface area contributed by atoms with Gasteiger partial charge < -0.3 is 10.0 Å². The summed E-state index contributed by atoms with van der Waals surface area (Å²) in [6.07, 6.45) is 0. The Morgan fingerprint density at radius 1 is 1.23 bits per heavy atom. The third-order valence-electron chi connectivity index (χ3n) is 1.50. The molecule has 4 N–H and O–H groups in total. The smallest absolute Gasteiger partial charge is 0.423 e. The quantitative estimate of drug-likeness (QED) is 0.482. The highest BCUT2D eigenvalue weighted by Gasteiger charge is 2.21.